The number of hydrogen-bond acceptors (Lipinski definition) is 8. The fourth-order valence-electron chi connectivity index (χ4n) is 8.76. The van der Waals surface area contributed by atoms with Crippen molar-refractivity contribution in [3.63, 3.8) is 0 Å². The molecule has 2 aliphatic heterocycles. The van der Waals surface area contributed by atoms with Crippen molar-refractivity contribution in [2.24, 2.45) is 5.73 Å². The van der Waals surface area contributed by atoms with Gasteiger partial charge in [0.2, 0.25) is 13.6 Å². The van der Waals surface area contributed by atoms with Crippen molar-refractivity contribution in [1.29, 1.82) is 5.26 Å². The summed E-state index contributed by atoms with van der Waals surface area (Å²) >= 11 is 0. The van der Waals surface area contributed by atoms with Crippen LogP contribution in [0.3, 0.4) is 0 Å². The molecule has 0 amide bonds. The summed E-state index contributed by atoms with van der Waals surface area (Å²) in [5.74, 6) is 3.38. The van der Waals surface area contributed by atoms with Crippen LogP contribution in [-0.2, 0) is 50.6 Å². The van der Waals surface area contributed by atoms with Crippen LogP contribution in [0, 0.1) is 11.3 Å². The number of benzene rings is 4. The summed E-state index contributed by atoms with van der Waals surface area (Å²) in [6.45, 7) is 13.9. The van der Waals surface area contributed by atoms with Crippen LogP contribution in [-0.4, -0.2) is 35.1 Å². The number of rotatable bonds is 9. The molecule has 10 heteroatoms. The van der Waals surface area contributed by atoms with Crippen LogP contribution in [0.25, 0.3) is 21.8 Å². The zero-order chi connectivity index (χ0) is 42.2. The van der Waals surface area contributed by atoms with Gasteiger partial charge in [0, 0.05) is 52.4 Å². The van der Waals surface area contributed by atoms with Crippen molar-refractivity contribution >= 4 is 33.4 Å². The SMILES string of the molecule is CC(C)(C)c1cc2cc(CC(=O)C3(c4ccc5c(c4)OCO5)CC3)cc(C#N)c2[nH]1.CC(C)(C)c1cc2cc(CC(=O)C3(c4ccc5c(c4)OCO5)CC3)cc(CN)c2[nH]1. The highest BCUT2D eigenvalue weighted by molar-refractivity contribution is 5.97. The second-order valence-electron chi connectivity index (χ2n) is 19.0. The number of carbonyl (C=O) groups is 2. The summed E-state index contributed by atoms with van der Waals surface area (Å²) < 4.78 is 21.8. The van der Waals surface area contributed by atoms with Crippen molar-refractivity contribution in [1.82, 2.24) is 9.97 Å². The van der Waals surface area contributed by atoms with Gasteiger partial charge in [0.25, 0.3) is 0 Å². The average molecular weight is 805 g/mol. The zero-order valence-corrected chi connectivity index (χ0v) is 35.3. The first-order valence-electron chi connectivity index (χ1n) is 20.9. The predicted octanol–water partition coefficient (Wildman–Crippen LogP) is 9.41. The van der Waals surface area contributed by atoms with E-state index in [1.807, 2.05) is 48.5 Å². The molecular weight excluding hydrogens is 753 g/mol. The van der Waals surface area contributed by atoms with Gasteiger partial charge < -0.3 is 34.6 Å². The fourth-order valence-corrected chi connectivity index (χ4v) is 8.76. The van der Waals surface area contributed by atoms with Crippen LogP contribution < -0.4 is 24.7 Å². The van der Waals surface area contributed by atoms with E-state index < -0.39 is 10.8 Å². The third-order valence-corrected chi connectivity index (χ3v) is 12.8. The number of Topliss-reactive ketones (excluding diaryl/α,β-unsaturated/α-hetero) is 2. The topological polar surface area (TPSA) is 152 Å². The molecule has 0 radical (unpaired) electrons. The molecule has 0 atom stereocenters. The molecule has 10 nitrogen and oxygen atoms in total. The van der Waals surface area contributed by atoms with Gasteiger partial charge in [0.1, 0.15) is 17.6 Å². The van der Waals surface area contributed by atoms with Crippen LogP contribution in [0.2, 0.25) is 0 Å². The average Bonchev–Trinajstić information content (AvgIpc) is 3.89. The van der Waals surface area contributed by atoms with E-state index in [1.165, 1.54) is 5.69 Å². The second kappa shape index (κ2) is 14.3. The Hall–Kier alpha value is -6.05. The normalized spacial score (nSPS) is 16.6. The van der Waals surface area contributed by atoms with Crippen LogP contribution in [0.5, 0.6) is 23.0 Å². The molecular formula is C50H52N4O6. The van der Waals surface area contributed by atoms with Crippen molar-refractivity contribution in [2.45, 2.75) is 108 Å². The standard InChI is InChI=1S/C25H28N2O3.C25H24N2O3/c2*1-24(2,3)21-11-16-8-15(9-17(13-26)23(16)27-21)10-22(28)25(6-7-25)18-4-5-19-20(12-18)30-14-29-19/h4-5,8-9,11-12,27H,6-7,10,13-14,26H2,1-3H3;4-5,8-9,11-12,27H,6-7,10,14H2,1-3H3. The molecule has 2 fully saturated rings. The summed E-state index contributed by atoms with van der Waals surface area (Å²) in [7, 11) is 0. The number of nitrogens with two attached hydrogens (primary N) is 1. The van der Waals surface area contributed by atoms with Gasteiger partial charge in [0.05, 0.1) is 27.4 Å². The number of ketones is 2. The van der Waals surface area contributed by atoms with Crippen molar-refractivity contribution in [3.05, 3.63) is 118 Å². The molecule has 60 heavy (non-hydrogen) atoms. The largest absolute Gasteiger partial charge is 0.454 e. The Balaban J connectivity index is 0.000000154. The molecule has 4 aliphatic rings. The second-order valence-corrected chi connectivity index (χ2v) is 19.0. The number of carbonyl (C=O) groups excluding carboxylic acids is 2. The monoisotopic (exact) mass is 804 g/mol. The first-order chi connectivity index (χ1) is 28.6. The Morgan fingerprint density at radius 2 is 1.08 bits per heavy atom. The first-order valence-corrected chi connectivity index (χ1v) is 20.9. The van der Waals surface area contributed by atoms with Crippen molar-refractivity contribution in [2.75, 3.05) is 13.6 Å². The maximum atomic E-state index is 13.4. The molecule has 0 bridgehead atoms. The van der Waals surface area contributed by atoms with Gasteiger partial charge in [-0.3, -0.25) is 9.59 Å². The van der Waals surface area contributed by atoms with Gasteiger partial charge in [-0.2, -0.15) is 5.26 Å². The maximum absolute atomic E-state index is 13.4. The third kappa shape index (κ3) is 7.09. The molecule has 0 saturated heterocycles. The molecule has 308 valence electrons. The molecule has 0 unspecified atom stereocenters. The molecule has 0 spiro atoms. The summed E-state index contributed by atoms with van der Waals surface area (Å²) in [6.07, 6.45) is 4.18. The number of H-pyrrole nitrogens is 2. The van der Waals surface area contributed by atoms with Gasteiger partial charge in [-0.05, 0) is 108 Å². The molecule has 4 aromatic carbocycles. The van der Waals surface area contributed by atoms with E-state index >= 15 is 0 Å². The molecule has 4 heterocycles. The van der Waals surface area contributed by atoms with Crippen LogP contribution in [0.4, 0.5) is 0 Å². The van der Waals surface area contributed by atoms with Crippen LogP contribution >= 0.6 is 0 Å². The summed E-state index contributed by atoms with van der Waals surface area (Å²) in [4.78, 5) is 33.7. The van der Waals surface area contributed by atoms with Crippen molar-refractivity contribution < 1.29 is 28.5 Å². The third-order valence-electron chi connectivity index (χ3n) is 12.8. The molecule has 2 aliphatic carbocycles. The highest BCUT2D eigenvalue weighted by Gasteiger charge is 2.52. The van der Waals surface area contributed by atoms with Gasteiger partial charge in [-0.15, -0.1) is 0 Å². The number of nitrogens with one attached hydrogen (secondary N) is 2. The van der Waals surface area contributed by atoms with E-state index in [2.05, 4.69) is 81.8 Å². The Bertz CT molecular complexity index is 2750. The molecule has 2 saturated carbocycles. The van der Waals surface area contributed by atoms with Crippen LogP contribution in [0.15, 0.2) is 72.8 Å². The summed E-state index contributed by atoms with van der Waals surface area (Å²) in [5, 5.41) is 11.8. The number of nitrogens with zero attached hydrogens (tertiary/aromatic N) is 1. The van der Waals surface area contributed by atoms with E-state index in [0.717, 1.165) is 98.2 Å². The highest BCUT2D eigenvalue weighted by Crippen LogP contribution is 2.53. The first kappa shape index (κ1) is 39.4. The number of aromatic nitrogens is 2. The maximum Gasteiger partial charge on any atom is 0.231 e. The minimum Gasteiger partial charge on any atom is -0.454 e. The highest BCUT2D eigenvalue weighted by atomic mass is 16.7. The minimum absolute atomic E-state index is 0.0261. The smallest absolute Gasteiger partial charge is 0.231 e. The summed E-state index contributed by atoms with van der Waals surface area (Å²) in [6, 6.07) is 26.4. The Morgan fingerprint density at radius 3 is 1.53 bits per heavy atom. The Labute approximate surface area is 350 Å². The van der Waals surface area contributed by atoms with Gasteiger partial charge >= 0.3 is 0 Å². The predicted molar refractivity (Wildman–Crippen MR) is 231 cm³/mol. The van der Waals surface area contributed by atoms with Gasteiger partial charge in [-0.1, -0.05) is 59.7 Å². The van der Waals surface area contributed by atoms with E-state index in [0.29, 0.717) is 30.7 Å². The number of ether oxygens (including phenoxy) is 4. The zero-order valence-electron chi connectivity index (χ0n) is 35.3. The van der Waals surface area contributed by atoms with E-state index in [4.69, 9.17) is 24.7 Å². The lowest BCUT2D eigenvalue weighted by Crippen LogP contribution is -2.22. The summed E-state index contributed by atoms with van der Waals surface area (Å²) in [5.41, 5.74) is 14.9. The number of aromatic amines is 2. The number of fused-ring (bicyclic) bond motifs is 4. The lowest BCUT2D eigenvalue weighted by molar-refractivity contribution is -0.121. The Morgan fingerprint density at radius 1 is 0.633 bits per heavy atom. The quantitative estimate of drug-likeness (QED) is 0.131. The van der Waals surface area contributed by atoms with E-state index in [9.17, 15) is 14.9 Å². The lowest BCUT2D eigenvalue weighted by atomic mass is 9.87. The molecule has 4 N–H and O–H groups in total. The lowest BCUT2D eigenvalue weighted by Gasteiger charge is -2.16. The van der Waals surface area contributed by atoms with Crippen molar-refractivity contribution in [3.8, 4) is 29.1 Å². The number of hydrogen-bond donors (Lipinski definition) is 3. The molecule has 10 rings (SSSR count). The number of nitriles is 1. The Kier molecular flexibility index (Phi) is 9.40. The van der Waals surface area contributed by atoms with E-state index in [1.54, 1.807) is 0 Å². The minimum atomic E-state index is -0.447. The van der Waals surface area contributed by atoms with E-state index in [-0.39, 0.29) is 36.0 Å². The molecule has 6 aromatic rings. The van der Waals surface area contributed by atoms with Gasteiger partial charge in [0.15, 0.2) is 23.0 Å². The van der Waals surface area contributed by atoms with Crippen LogP contribution in [0.1, 0.15) is 112 Å². The van der Waals surface area contributed by atoms with Gasteiger partial charge in [-0.25, -0.2) is 0 Å². The fraction of sp³-hybridized carbons (Fsp3) is 0.380. The molecule has 2 aromatic heterocycles.